The van der Waals surface area contributed by atoms with Crippen molar-refractivity contribution >= 4 is 11.9 Å². The molecule has 0 spiro atoms. The largest absolute Gasteiger partial charge is 0.464 e. The van der Waals surface area contributed by atoms with Gasteiger partial charge in [-0.15, -0.1) is 0 Å². The fourth-order valence-electron chi connectivity index (χ4n) is 3.28. The van der Waals surface area contributed by atoms with Crippen molar-refractivity contribution in [2.45, 2.75) is 90.7 Å². The predicted octanol–water partition coefficient (Wildman–Crippen LogP) is 4.81. The van der Waals surface area contributed by atoms with Gasteiger partial charge >= 0.3 is 5.97 Å². The lowest BCUT2D eigenvalue weighted by Crippen LogP contribution is -2.45. The third-order valence-electron chi connectivity index (χ3n) is 4.94. The van der Waals surface area contributed by atoms with Gasteiger partial charge in [0.15, 0.2) is 6.04 Å². The van der Waals surface area contributed by atoms with Gasteiger partial charge in [-0.2, -0.15) is 0 Å². The Morgan fingerprint density at radius 2 is 1.74 bits per heavy atom. The molecule has 2 unspecified atom stereocenters. The molecule has 5 nitrogen and oxygen atoms in total. The standard InChI is InChI=1S/C25H36FNO4/c1-4-6-7-8-9-10-11-12-13-14-16-20-17-15-18-21(22(20)26)24(29)23(27-19(3)28)25(30)31-5-2/h15,17-18,23-24,29H,4-13H2,1-3H3,(H,27,28). The lowest BCUT2D eigenvalue weighted by Gasteiger charge is -2.22. The van der Waals surface area contributed by atoms with E-state index in [-0.39, 0.29) is 17.7 Å². The van der Waals surface area contributed by atoms with Crippen LogP contribution in [0.5, 0.6) is 0 Å². The molecule has 1 rings (SSSR count). The van der Waals surface area contributed by atoms with Crippen molar-refractivity contribution in [1.82, 2.24) is 5.32 Å². The van der Waals surface area contributed by atoms with E-state index in [2.05, 4.69) is 24.1 Å². The molecule has 0 aromatic heterocycles. The van der Waals surface area contributed by atoms with E-state index in [4.69, 9.17) is 4.74 Å². The van der Waals surface area contributed by atoms with E-state index in [1.807, 2.05) is 0 Å². The highest BCUT2D eigenvalue weighted by Gasteiger charge is 2.32. The van der Waals surface area contributed by atoms with Crippen LogP contribution in [0.15, 0.2) is 18.2 Å². The zero-order chi connectivity index (χ0) is 23.1. The first-order chi connectivity index (χ1) is 14.9. The summed E-state index contributed by atoms with van der Waals surface area (Å²) in [5.74, 6) is 3.76. The molecule has 0 aliphatic carbocycles. The summed E-state index contributed by atoms with van der Waals surface area (Å²) in [6.07, 6.45) is 8.76. The molecular formula is C25H36FNO4. The maximum atomic E-state index is 14.9. The minimum Gasteiger partial charge on any atom is -0.464 e. The van der Waals surface area contributed by atoms with Gasteiger partial charge < -0.3 is 15.2 Å². The van der Waals surface area contributed by atoms with Crippen molar-refractivity contribution in [3.8, 4) is 11.8 Å². The molecule has 31 heavy (non-hydrogen) atoms. The van der Waals surface area contributed by atoms with Gasteiger partial charge in [-0.25, -0.2) is 9.18 Å². The van der Waals surface area contributed by atoms with Crippen molar-refractivity contribution in [2.75, 3.05) is 6.61 Å². The van der Waals surface area contributed by atoms with Crippen LogP contribution in [-0.4, -0.2) is 29.6 Å². The van der Waals surface area contributed by atoms with Gasteiger partial charge in [0.1, 0.15) is 11.9 Å². The summed E-state index contributed by atoms with van der Waals surface area (Å²) in [6, 6.07) is 3.08. The molecule has 0 aliphatic rings. The number of hydrogen-bond donors (Lipinski definition) is 2. The normalized spacial score (nSPS) is 12.4. The molecule has 1 amide bonds. The van der Waals surface area contributed by atoms with Gasteiger partial charge in [-0.05, 0) is 19.4 Å². The van der Waals surface area contributed by atoms with Crippen LogP contribution < -0.4 is 5.32 Å². The van der Waals surface area contributed by atoms with Crippen LogP contribution in [0.4, 0.5) is 4.39 Å². The molecule has 1 aromatic rings. The lowest BCUT2D eigenvalue weighted by molar-refractivity contribution is -0.150. The molecule has 0 aliphatic heterocycles. The quantitative estimate of drug-likeness (QED) is 0.266. The average molecular weight is 434 g/mol. The highest BCUT2D eigenvalue weighted by molar-refractivity contribution is 5.84. The smallest absolute Gasteiger partial charge is 0.331 e. The summed E-state index contributed by atoms with van der Waals surface area (Å²) in [6.45, 7) is 5.11. The van der Waals surface area contributed by atoms with Gasteiger partial charge in [0.25, 0.3) is 0 Å². The van der Waals surface area contributed by atoms with E-state index < -0.39 is 29.8 Å². The number of halogens is 1. The number of rotatable bonds is 13. The van der Waals surface area contributed by atoms with E-state index in [0.29, 0.717) is 6.42 Å². The molecule has 1 aromatic carbocycles. The summed E-state index contributed by atoms with van der Waals surface area (Å²) in [4.78, 5) is 23.5. The first-order valence-electron chi connectivity index (χ1n) is 11.3. The Bertz CT molecular complexity index is 754. The van der Waals surface area contributed by atoms with Crippen molar-refractivity contribution in [1.29, 1.82) is 0 Å². The molecule has 6 heteroatoms. The van der Waals surface area contributed by atoms with Crippen LogP contribution in [0.2, 0.25) is 0 Å². The first kappa shape index (κ1) is 26.6. The van der Waals surface area contributed by atoms with Crippen molar-refractivity contribution < 1.29 is 23.8 Å². The highest BCUT2D eigenvalue weighted by atomic mass is 19.1. The second kappa shape index (κ2) is 15.4. The predicted molar refractivity (Wildman–Crippen MR) is 120 cm³/mol. The van der Waals surface area contributed by atoms with Crippen LogP contribution in [-0.2, 0) is 14.3 Å². The van der Waals surface area contributed by atoms with Crippen LogP contribution in [0, 0.1) is 17.7 Å². The van der Waals surface area contributed by atoms with E-state index >= 15 is 0 Å². The maximum absolute atomic E-state index is 14.9. The van der Waals surface area contributed by atoms with E-state index in [0.717, 1.165) is 12.8 Å². The Morgan fingerprint density at radius 3 is 2.35 bits per heavy atom. The Kier molecular flexibility index (Phi) is 13.3. The second-order valence-electron chi connectivity index (χ2n) is 7.61. The third kappa shape index (κ3) is 9.97. The Morgan fingerprint density at radius 1 is 1.10 bits per heavy atom. The number of benzene rings is 1. The number of carbonyl (C=O) groups is 2. The fraction of sp³-hybridized carbons (Fsp3) is 0.600. The SMILES string of the molecule is CCCCCCCCCCC#Cc1cccc(C(O)C(NC(C)=O)C(=O)OCC)c1F. The molecular weight excluding hydrogens is 397 g/mol. The molecule has 0 fully saturated rings. The van der Waals surface area contributed by atoms with Crippen LogP contribution in [0.25, 0.3) is 0 Å². The molecule has 2 atom stereocenters. The van der Waals surface area contributed by atoms with Crippen LogP contribution >= 0.6 is 0 Å². The summed E-state index contributed by atoms with van der Waals surface area (Å²) >= 11 is 0. The lowest BCUT2D eigenvalue weighted by atomic mass is 9.99. The number of amides is 1. The molecule has 0 radical (unpaired) electrons. The van der Waals surface area contributed by atoms with E-state index in [1.165, 1.54) is 57.6 Å². The van der Waals surface area contributed by atoms with E-state index in [1.54, 1.807) is 13.0 Å². The first-order valence-corrected chi connectivity index (χ1v) is 11.3. The van der Waals surface area contributed by atoms with Gasteiger partial charge in [0.05, 0.1) is 12.2 Å². The number of aliphatic hydroxyl groups is 1. The van der Waals surface area contributed by atoms with Crippen molar-refractivity contribution in [3.05, 3.63) is 35.1 Å². The van der Waals surface area contributed by atoms with Gasteiger partial charge in [-0.1, -0.05) is 75.8 Å². The molecule has 0 saturated heterocycles. The molecule has 2 N–H and O–H groups in total. The minimum atomic E-state index is -1.59. The molecule has 172 valence electrons. The summed E-state index contributed by atoms with van der Waals surface area (Å²) < 4.78 is 19.8. The van der Waals surface area contributed by atoms with E-state index in [9.17, 15) is 19.1 Å². The zero-order valence-corrected chi connectivity index (χ0v) is 19.0. The number of ether oxygens (including phenoxy) is 1. The topological polar surface area (TPSA) is 75.6 Å². The summed E-state index contributed by atoms with van der Waals surface area (Å²) in [5.41, 5.74) is 0.0484. The third-order valence-corrected chi connectivity index (χ3v) is 4.94. The number of aliphatic hydroxyl groups excluding tert-OH is 1. The number of hydrogen-bond acceptors (Lipinski definition) is 4. The van der Waals surface area contributed by atoms with Crippen molar-refractivity contribution in [3.63, 3.8) is 0 Å². The number of nitrogens with one attached hydrogen (secondary N) is 1. The fourth-order valence-corrected chi connectivity index (χ4v) is 3.28. The monoisotopic (exact) mass is 433 g/mol. The zero-order valence-electron chi connectivity index (χ0n) is 19.0. The highest BCUT2D eigenvalue weighted by Crippen LogP contribution is 2.23. The Hall–Kier alpha value is -2.39. The average Bonchev–Trinajstić information content (AvgIpc) is 2.74. The van der Waals surface area contributed by atoms with Crippen molar-refractivity contribution in [2.24, 2.45) is 0 Å². The van der Waals surface area contributed by atoms with Gasteiger partial charge in [-0.3, -0.25) is 4.79 Å². The Balaban J connectivity index is 2.70. The van der Waals surface area contributed by atoms with Crippen LogP contribution in [0.3, 0.4) is 0 Å². The molecule has 0 bridgehead atoms. The molecule has 0 heterocycles. The van der Waals surface area contributed by atoms with Gasteiger partial charge in [0.2, 0.25) is 5.91 Å². The summed E-state index contributed by atoms with van der Waals surface area (Å²) in [7, 11) is 0. The molecule has 0 saturated carbocycles. The number of esters is 1. The number of unbranched alkanes of at least 4 members (excludes halogenated alkanes) is 8. The second-order valence-corrected chi connectivity index (χ2v) is 7.61. The van der Waals surface area contributed by atoms with Gasteiger partial charge in [0, 0.05) is 18.9 Å². The number of carbonyl (C=O) groups excluding carboxylic acids is 2. The summed E-state index contributed by atoms with van der Waals surface area (Å²) in [5, 5.41) is 12.9. The van der Waals surface area contributed by atoms with Crippen LogP contribution in [0.1, 0.15) is 95.8 Å². The maximum Gasteiger partial charge on any atom is 0.331 e. The minimum absolute atomic E-state index is 0.0778. The Labute approximate surface area is 185 Å².